The Morgan fingerprint density at radius 1 is 1.16 bits per heavy atom. The number of nitrogens with zero attached hydrogens (tertiary/aromatic N) is 6. The Balaban J connectivity index is 1.64. The summed E-state index contributed by atoms with van der Waals surface area (Å²) in [4.78, 5) is 18.5. The minimum atomic E-state index is 0.476. The molecule has 0 bridgehead atoms. The fourth-order valence-corrected chi connectivity index (χ4v) is 3.14. The Morgan fingerprint density at radius 2 is 2.04 bits per heavy atom. The molecule has 1 aliphatic heterocycles. The van der Waals surface area contributed by atoms with E-state index in [2.05, 4.69) is 37.4 Å². The Morgan fingerprint density at radius 3 is 2.80 bits per heavy atom. The Labute approximate surface area is 149 Å². The van der Waals surface area contributed by atoms with Crippen LogP contribution in [0.3, 0.4) is 0 Å². The van der Waals surface area contributed by atoms with Crippen LogP contribution in [0.25, 0.3) is 0 Å². The number of ether oxygens (including phenoxy) is 1. The average molecular weight is 344 g/mol. The molecule has 2 aromatic rings. The van der Waals surface area contributed by atoms with Gasteiger partial charge in [-0.3, -0.25) is 4.90 Å². The molecule has 0 spiro atoms. The highest BCUT2D eigenvalue weighted by Gasteiger charge is 2.18. The van der Waals surface area contributed by atoms with Crippen molar-refractivity contribution in [2.24, 2.45) is 7.05 Å². The fraction of sp³-hybridized carbons (Fsp3) is 0.611. The summed E-state index contributed by atoms with van der Waals surface area (Å²) in [6.07, 6.45) is 4.99. The third-order valence-electron chi connectivity index (χ3n) is 4.52. The second-order valence-corrected chi connectivity index (χ2v) is 6.49. The topological polar surface area (TPSA) is 59.3 Å². The smallest absolute Gasteiger partial charge is 0.156 e. The quantitative estimate of drug-likeness (QED) is 0.796. The van der Waals surface area contributed by atoms with Gasteiger partial charge >= 0.3 is 0 Å². The maximum atomic E-state index is 5.47. The van der Waals surface area contributed by atoms with Gasteiger partial charge in [-0.2, -0.15) is 0 Å². The summed E-state index contributed by atoms with van der Waals surface area (Å²) >= 11 is 0. The van der Waals surface area contributed by atoms with Crippen LogP contribution in [0.1, 0.15) is 30.7 Å². The predicted molar refractivity (Wildman–Crippen MR) is 97.4 cm³/mol. The number of hydrogen-bond acceptors (Lipinski definition) is 6. The monoisotopic (exact) mass is 344 g/mol. The zero-order chi connectivity index (χ0) is 17.6. The summed E-state index contributed by atoms with van der Waals surface area (Å²) in [5.41, 5.74) is 0.994. The number of aromatic nitrogens is 4. The Bertz CT molecular complexity index is 686. The van der Waals surface area contributed by atoms with Gasteiger partial charge in [-0.15, -0.1) is 0 Å². The first-order valence-corrected chi connectivity index (χ1v) is 9.01. The molecule has 3 heterocycles. The van der Waals surface area contributed by atoms with Crippen LogP contribution in [0.15, 0.2) is 18.5 Å². The molecule has 2 aromatic heterocycles. The number of imidazole rings is 1. The Kier molecular flexibility index (Phi) is 5.99. The van der Waals surface area contributed by atoms with Gasteiger partial charge in [0, 0.05) is 64.0 Å². The first-order chi connectivity index (χ1) is 12.2. The molecule has 7 heteroatoms. The molecule has 0 aliphatic carbocycles. The van der Waals surface area contributed by atoms with Crippen LogP contribution in [-0.4, -0.2) is 57.2 Å². The van der Waals surface area contributed by atoms with Gasteiger partial charge in [-0.25, -0.2) is 15.0 Å². The lowest BCUT2D eigenvalue weighted by molar-refractivity contribution is 0.128. The lowest BCUT2D eigenvalue weighted by atomic mass is 10.3. The molecule has 136 valence electrons. The van der Waals surface area contributed by atoms with Crippen molar-refractivity contribution >= 4 is 5.82 Å². The highest BCUT2D eigenvalue weighted by Crippen LogP contribution is 2.16. The van der Waals surface area contributed by atoms with Gasteiger partial charge in [0.15, 0.2) is 5.82 Å². The van der Waals surface area contributed by atoms with Crippen LogP contribution in [0.4, 0.5) is 5.82 Å². The van der Waals surface area contributed by atoms with Crippen LogP contribution in [0.5, 0.6) is 0 Å². The van der Waals surface area contributed by atoms with Gasteiger partial charge in [-0.1, -0.05) is 0 Å². The molecular weight excluding hydrogens is 316 g/mol. The molecule has 0 atom stereocenters. The summed E-state index contributed by atoms with van der Waals surface area (Å²) in [6.45, 7) is 10.1. The maximum absolute atomic E-state index is 5.47. The molecule has 0 amide bonds. The molecule has 7 nitrogen and oxygen atoms in total. The summed E-state index contributed by atoms with van der Waals surface area (Å²) < 4.78 is 7.56. The maximum Gasteiger partial charge on any atom is 0.156 e. The summed E-state index contributed by atoms with van der Waals surface area (Å²) in [7, 11) is 2.05. The molecule has 0 radical (unpaired) electrons. The highest BCUT2D eigenvalue weighted by atomic mass is 16.5. The molecular formula is C18H28N6O. The van der Waals surface area contributed by atoms with Crippen LogP contribution in [0, 0.1) is 6.92 Å². The zero-order valence-electron chi connectivity index (χ0n) is 15.5. The van der Waals surface area contributed by atoms with Crippen molar-refractivity contribution in [1.82, 2.24) is 24.4 Å². The van der Waals surface area contributed by atoms with Crippen LogP contribution in [-0.2, 0) is 24.9 Å². The van der Waals surface area contributed by atoms with Crippen molar-refractivity contribution in [3.8, 4) is 0 Å². The zero-order valence-corrected chi connectivity index (χ0v) is 15.5. The molecule has 3 rings (SSSR count). The van der Waals surface area contributed by atoms with E-state index in [1.807, 2.05) is 26.2 Å². The molecule has 0 saturated carbocycles. The molecule has 1 fully saturated rings. The SMILES string of the molecule is CCOCc1nc(C)cc(N2CCCN(Cc3nccn3C)CC2)n1. The number of hydrogen-bond donors (Lipinski definition) is 0. The third kappa shape index (κ3) is 4.76. The molecule has 25 heavy (non-hydrogen) atoms. The first kappa shape index (κ1) is 17.8. The van der Waals surface area contributed by atoms with Crippen molar-refractivity contribution in [3.05, 3.63) is 35.8 Å². The van der Waals surface area contributed by atoms with Gasteiger partial charge in [-0.05, 0) is 20.3 Å². The van der Waals surface area contributed by atoms with E-state index in [1.54, 1.807) is 0 Å². The van der Waals surface area contributed by atoms with Crippen molar-refractivity contribution < 1.29 is 4.74 Å². The van der Waals surface area contributed by atoms with Crippen molar-refractivity contribution in [3.63, 3.8) is 0 Å². The highest BCUT2D eigenvalue weighted by molar-refractivity contribution is 5.40. The fourth-order valence-electron chi connectivity index (χ4n) is 3.14. The second-order valence-electron chi connectivity index (χ2n) is 6.49. The van der Waals surface area contributed by atoms with E-state index in [9.17, 15) is 0 Å². The lowest BCUT2D eigenvalue weighted by Gasteiger charge is -2.23. The summed E-state index contributed by atoms with van der Waals surface area (Å²) in [6, 6.07) is 2.07. The molecule has 1 saturated heterocycles. The van der Waals surface area contributed by atoms with Gasteiger partial charge in [0.25, 0.3) is 0 Å². The summed E-state index contributed by atoms with van der Waals surface area (Å²) in [5.74, 6) is 2.90. The van der Waals surface area contributed by atoms with E-state index in [0.29, 0.717) is 13.2 Å². The normalized spacial score (nSPS) is 16.2. The lowest BCUT2D eigenvalue weighted by Crippen LogP contribution is -2.31. The largest absolute Gasteiger partial charge is 0.374 e. The van der Waals surface area contributed by atoms with Crippen molar-refractivity contribution in [1.29, 1.82) is 0 Å². The number of aryl methyl sites for hydroxylation is 2. The van der Waals surface area contributed by atoms with Gasteiger partial charge in [0.05, 0.1) is 6.54 Å². The van der Waals surface area contributed by atoms with Gasteiger partial charge in [0.2, 0.25) is 0 Å². The van der Waals surface area contributed by atoms with Crippen LogP contribution in [0.2, 0.25) is 0 Å². The van der Waals surface area contributed by atoms with Gasteiger partial charge < -0.3 is 14.2 Å². The minimum Gasteiger partial charge on any atom is -0.374 e. The minimum absolute atomic E-state index is 0.476. The standard InChI is InChI=1S/C18H28N6O/c1-4-25-14-16-20-15(2)12-17(21-16)24-8-5-7-23(10-11-24)13-18-19-6-9-22(18)3/h6,9,12H,4-5,7-8,10-11,13-14H2,1-3H3. The van der Waals surface area contributed by atoms with Crippen LogP contribution < -0.4 is 4.90 Å². The van der Waals surface area contributed by atoms with E-state index < -0.39 is 0 Å². The van der Waals surface area contributed by atoms with E-state index >= 15 is 0 Å². The van der Waals surface area contributed by atoms with Gasteiger partial charge in [0.1, 0.15) is 18.2 Å². The predicted octanol–water partition coefficient (Wildman–Crippen LogP) is 1.77. The Hall–Kier alpha value is -1.99. The first-order valence-electron chi connectivity index (χ1n) is 9.01. The number of anilines is 1. The van der Waals surface area contributed by atoms with Crippen molar-refractivity contribution in [2.75, 3.05) is 37.7 Å². The second kappa shape index (κ2) is 8.40. The average Bonchev–Trinajstić information content (AvgIpc) is 2.85. The van der Waals surface area contributed by atoms with E-state index in [-0.39, 0.29) is 0 Å². The molecule has 0 N–H and O–H groups in total. The molecule has 1 aliphatic rings. The third-order valence-corrected chi connectivity index (χ3v) is 4.52. The van der Waals surface area contributed by atoms with E-state index in [4.69, 9.17) is 9.72 Å². The summed E-state index contributed by atoms with van der Waals surface area (Å²) in [5, 5.41) is 0. The molecule has 0 aromatic carbocycles. The van der Waals surface area contributed by atoms with E-state index in [0.717, 1.165) is 62.3 Å². The van der Waals surface area contributed by atoms with Crippen molar-refractivity contribution in [2.45, 2.75) is 33.4 Å². The van der Waals surface area contributed by atoms with Crippen LogP contribution >= 0.6 is 0 Å². The van der Waals surface area contributed by atoms with E-state index in [1.165, 1.54) is 0 Å². The molecule has 0 unspecified atom stereocenters. The number of rotatable bonds is 6.